The fraction of sp³-hybridized carbons (Fsp3) is 0.333. The summed E-state index contributed by atoms with van der Waals surface area (Å²) in [5.74, 6) is 1.77. The van der Waals surface area contributed by atoms with Crippen molar-refractivity contribution in [2.75, 3.05) is 38.8 Å². The van der Waals surface area contributed by atoms with Crippen molar-refractivity contribution in [3.05, 3.63) is 52.6 Å². The van der Waals surface area contributed by atoms with Crippen LogP contribution < -0.4 is 19.7 Å². The molecule has 3 aromatic rings. The number of nitrogens with zero attached hydrogens (tertiary/aromatic N) is 3. The number of nitrogens with one attached hydrogen (secondary N) is 1. The van der Waals surface area contributed by atoms with E-state index in [4.69, 9.17) is 21.1 Å². The lowest BCUT2D eigenvalue weighted by atomic mass is 10.0. The van der Waals surface area contributed by atoms with Crippen LogP contribution in [0.3, 0.4) is 0 Å². The summed E-state index contributed by atoms with van der Waals surface area (Å²) in [5, 5.41) is 4.86. The van der Waals surface area contributed by atoms with Crippen LogP contribution in [-0.4, -0.2) is 43.8 Å². The Bertz CT molecular complexity index is 1060. The number of anilines is 1. The SMILES string of the molecule is COc1cc2ncnc(N3CCNC(c4cc(F)c(C)cc4Cl)C3)c2cc1OC. The van der Waals surface area contributed by atoms with E-state index in [9.17, 15) is 4.39 Å². The highest BCUT2D eigenvalue weighted by atomic mass is 35.5. The van der Waals surface area contributed by atoms with Gasteiger partial charge in [-0.15, -0.1) is 0 Å². The van der Waals surface area contributed by atoms with Crippen LogP contribution in [0, 0.1) is 12.7 Å². The molecule has 0 bridgehead atoms. The van der Waals surface area contributed by atoms with E-state index in [1.807, 2.05) is 12.1 Å². The Hall–Kier alpha value is -2.64. The van der Waals surface area contributed by atoms with Crippen LogP contribution in [0.4, 0.5) is 10.2 Å². The molecule has 8 heteroatoms. The number of aromatic nitrogens is 2. The monoisotopic (exact) mass is 416 g/mol. The van der Waals surface area contributed by atoms with Crippen molar-refractivity contribution in [3.8, 4) is 11.5 Å². The van der Waals surface area contributed by atoms with Gasteiger partial charge in [0.25, 0.3) is 0 Å². The molecule has 1 atom stereocenters. The highest BCUT2D eigenvalue weighted by molar-refractivity contribution is 6.31. The molecule has 29 heavy (non-hydrogen) atoms. The number of fused-ring (bicyclic) bond motifs is 1. The van der Waals surface area contributed by atoms with Crippen LogP contribution in [0.1, 0.15) is 17.2 Å². The van der Waals surface area contributed by atoms with Crippen molar-refractivity contribution >= 4 is 28.3 Å². The number of methoxy groups -OCH3 is 2. The zero-order valence-electron chi connectivity index (χ0n) is 16.5. The van der Waals surface area contributed by atoms with Gasteiger partial charge in [0.05, 0.1) is 25.8 Å². The van der Waals surface area contributed by atoms with Gasteiger partial charge in [-0.2, -0.15) is 0 Å². The van der Waals surface area contributed by atoms with Gasteiger partial charge in [-0.3, -0.25) is 0 Å². The normalized spacial score (nSPS) is 16.9. The summed E-state index contributed by atoms with van der Waals surface area (Å²) < 4.78 is 25.0. The third-order valence-corrected chi connectivity index (χ3v) is 5.58. The summed E-state index contributed by atoms with van der Waals surface area (Å²) in [6.07, 6.45) is 1.54. The summed E-state index contributed by atoms with van der Waals surface area (Å²) in [4.78, 5) is 11.1. The average Bonchev–Trinajstić information content (AvgIpc) is 2.74. The van der Waals surface area contributed by atoms with Crippen molar-refractivity contribution in [3.63, 3.8) is 0 Å². The van der Waals surface area contributed by atoms with Crippen LogP contribution in [-0.2, 0) is 0 Å². The second-order valence-corrected chi connectivity index (χ2v) is 7.40. The molecule has 1 fully saturated rings. The molecule has 2 heterocycles. The first kappa shape index (κ1) is 19.7. The summed E-state index contributed by atoms with van der Waals surface area (Å²) in [6.45, 7) is 3.78. The van der Waals surface area contributed by atoms with Gasteiger partial charge in [-0.1, -0.05) is 11.6 Å². The zero-order valence-corrected chi connectivity index (χ0v) is 17.3. The number of benzene rings is 2. The number of hydrogen-bond acceptors (Lipinski definition) is 6. The number of aryl methyl sites for hydroxylation is 1. The van der Waals surface area contributed by atoms with E-state index in [0.717, 1.165) is 35.4 Å². The van der Waals surface area contributed by atoms with Crippen LogP contribution in [0.2, 0.25) is 5.02 Å². The van der Waals surface area contributed by atoms with E-state index in [0.29, 0.717) is 28.6 Å². The Labute approximate surface area is 173 Å². The molecule has 2 aromatic carbocycles. The van der Waals surface area contributed by atoms with Crippen LogP contribution >= 0.6 is 11.6 Å². The standard InChI is InChI=1S/C21H22ClFN4O2/c1-12-6-15(22)13(7-16(12)23)18-10-27(5-4-24-18)21-14-8-19(28-2)20(29-3)9-17(14)25-11-26-21/h6-9,11,18,24H,4-5,10H2,1-3H3. The summed E-state index contributed by atoms with van der Waals surface area (Å²) >= 11 is 6.42. The van der Waals surface area contributed by atoms with Gasteiger partial charge in [-0.05, 0) is 36.2 Å². The molecule has 1 N–H and O–H groups in total. The highest BCUT2D eigenvalue weighted by Gasteiger charge is 2.26. The van der Waals surface area contributed by atoms with E-state index in [1.165, 1.54) is 6.07 Å². The van der Waals surface area contributed by atoms with Crippen molar-refractivity contribution in [2.45, 2.75) is 13.0 Å². The molecule has 0 spiro atoms. The summed E-state index contributed by atoms with van der Waals surface area (Å²) in [5.41, 5.74) is 2.05. The van der Waals surface area contributed by atoms with Gasteiger partial charge in [0.1, 0.15) is 18.0 Å². The first-order valence-corrected chi connectivity index (χ1v) is 9.70. The second-order valence-electron chi connectivity index (χ2n) is 7.00. The minimum Gasteiger partial charge on any atom is -0.493 e. The smallest absolute Gasteiger partial charge is 0.162 e. The van der Waals surface area contributed by atoms with Crippen LogP contribution in [0.25, 0.3) is 10.9 Å². The first-order valence-electron chi connectivity index (χ1n) is 9.32. The Morgan fingerprint density at radius 1 is 1.14 bits per heavy atom. The summed E-state index contributed by atoms with van der Waals surface area (Å²) in [6, 6.07) is 6.80. The molecule has 0 amide bonds. The third kappa shape index (κ3) is 3.68. The highest BCUT2D eigenvalue weighted by Crippen LogP contribution is 2.36. The Morgan fingerprint density at radius 3 is 2.66 bits per heavy atom. The molecule has 0 radical (unpaired) electrons. The molecular weight excluding hydrogens is 395 g/mol. The number of piperazine rings is 1. The maximum Gasteiger partial charge on any atom is 0.162 e. The first-order chi connectivity index (χ1) is 14.0. The van der Waals surface area contributed by atoms with Crippen molar-refractivity contribution in [1.29, 1.82) is 0 Å². The van der Waals surface area contributed by atoms with Crippen molar-refractivity contribution < 1.29 is 13.9 Å². The fourth-order valence-corrected chi connectivity index (χ4v) is 4.05. The maximum atomic E-state index is 14.2. The van der Waals surface area contributed by atoms with Gasteiger partial charge in [0, 0.05) is 36.1 Å². The number of hydrogen-bond donors (Lipinski definition) is 1. The molecule has 4 rings (SSSR count). The third-order valence-electron chi connectivity index (χ3n) is 5.25. The lowest BCUT2D eigenvalue weighted by molar-refractivity contribution is 0.355. The fourth-order valence-electron chi connectivity index (χ4n) is 3.70. The van der Waals surface area contributed by atoms with Crippen molar-refractivity contribution in [2.24, 2.45) is 0 Å². The maximum absolute atomic E-state index is 14.2. The van der Waals surface area contributed by atoms with Gasteiger partial charge in [0.2, 0.25) is 0 Å². The van der Waals surface area contributed by atoms with Gasteiger partial charge in [-0.25, -0.2) is 14.4 Å². The lowest BCUT2D eigenvalue weighted by Crippen LogP contribution is -2.46. The Morgan fingerprint density at radius 2 is 1.90 bits per heavy atom. The number of ether oxygens (including phenoxy) is 2. The predicted octanol–water partition coefficient (Wildman–Crippen LogP) is 3.90. The lowest BCUT2D eigenvalue weighted by Gasteiger charge is -2.35. The number of halogens is 2. The Kier molecular flexibility index (Phi) is 5.43. The summed E-state index contributed by atoms with van der Waals surface area (Å²) in [7, 11) is 3.19. The van der Waals surface area contributed by atoms with Gasteiger partial charge in [0.15, 0.2) is 11.5 Å². The van der Waals surface area contributed by atoms with E-state index >= 15 is 0 Å². The molecule has 152 valence electrons. The van der Waals surface area contributed by atoms with E-state index < -0.39 is 0 Å². The minimum atomic E-state index is -0.257. The topological polar surface area (TPSA) is 59.5 Å². The molecule has 1 unspecified atom stereocenters. The molecule has 1 saturated heterocycles. The zero-order chi connectivity index (χ0) is 20.5. The molecular formula is C21H22ClFN4O2. The van der Waals surface area contributed by atoms with E-state index in [1.54, 1.807) is 33.5 Å². The Balaban J connectivity index is 1.72. The molecule has 1 aliphatic rings. The molecule has 0 saturated carbocycles. The second kappa shape index (κ2) is 8.00. The van der Waals surface area contributed by atoms with Gasteiger partial charge >= 0.3 is 0 Å². The largest absolute Gasteiger partial charge is 0.493 e. The van der Waals surface area contributed by atoms with Gasteiger partial charge < -0.3 is 19.7 Å². The number of rotatable bonds is 4. The molecule has 1 aliphatic heterocycles. The van der Waals surface area contributed by atoms with Crippen LogP contribution in [0.15, 0.2) is 30.6 Å². The average molecular weight is 417 g/mol. The van der Waals surface area contributed by atoms with Crippen molar-refractivity contribution in [1.82, 2.24) is 15.3 Å². The van der Waals surface area contributed by atoms with E-state index in [2.05, 4.69) is 20.2 Å². The van der Waals surface area contributed by atoms with E-state index in [-0.39, 0.29) is 11.9 Å². The molecule has 6 nitrogen and oxygen atoms in total. The molecule has 1 aromatic heterocycles. The molecule has 0 aliphatic carbocycles. The quantitative estimate of drug-likeness (QED) is 0.696. The minimum absolute atomic E-state index is 0.114. The predicted molar refractivity (Wildman–Crippen MR) is 112 cm³/mol. The van der Waals surface area contributed by atoms with Crippen LogP contribution in [0.5, 0.6) is 11.5 Å².